The minimum Gasteiger partial charge on any atom is -0.376 e. The molecule has 5 aromatic rings. The molecule has 0 aliphatic heterocycles. The second-order valence-electron chi connectivity index (χ2n) is 8.05. The largest absolute Gasteiger partial charge is 0.534 e. The number of rotatable bonds is 6. The summed E-state index contributed by atoms with van der Waals surface area (Å²) in [5, 5.41) is 0. The fourth-order valence-corrected chi connectivity index (χ4v) is 4.04. The van der Waals surface area contributed by atoms with E-state index in [9.17, 15) is 21.6 Å². The Morgan fingerprint density at radius 1 is 0.553 bits per heavy atom. The predicted molar refractivity (Wildman–Crippen MR) is 135 cm³/mol. The van der Waals surface area contributed by atoms with Gasteiger partial charge in [0.25, 0.3) is 0 Å². The topological polar surface area (TPSA) is 94.9 Å². The Labute approximate surface area is 215 Å². The maximum atomic E-state index is 13.0. The van der Waals surface area contributed by atoms with Crippen LogP contribution in [0.3, 0.4) is 0 Å². The average Bonchev–Trinajstić information content (AvgIpc) is 2.93. The summed E-state index contributed by atoms with van der Waals surface area (Å²) >= 11 is 0. The zero-order valence-corrected chi connectivity index (χ0v) is 20.2. The standard InChI is InChI=1S/C27H17F3N4O3S/c28-27(29,30)38(35,36)37-24-12-20(25-31-14-22(15-32-25)18-7-3-1-4-8-18)11-21(13-24)26-33-16-23(17-34-26)19-9-5-2-6-10-19/h1-17H. The van der Waals surface area contributed by atoms with Crippen LogP contribution >= 0.6 is 0 Å². The van der Waals surface area contributed by atoms with Crippen molar-refractivity contribution in [1.82, 2.24) is 19.9 Å². The molecule has 0 aliphatic rings. The van der Waals surface area contributed by atoms with E-state index in [1.54, 1.807) is 30.9 Å². The van der Waals surface area contributed by atoms with E-state index in [4.69, 9.17) is 0 Å². The molecule has 0 radical (unpaired) electrons. The van der Waals surface area contributed by atoms with Crippen molar-refractivity contribution < 1.29 is 25.8 Å². The number of benzene rings is 3. The van der Waals surface area contributed by atoms with Crippen LogP contribution in [0.4, 0.5) is 13.2 Å². The maximum absolute atomic E-state index is 13.0. The molecule has 11 heteroatoms. The molecule has 190 valence electrons. The first-order valence-electron chi connectivity index (χ1n) is 11.1. The van der Waals surface area contributed by atoms with Crippen molar-refractivity contribution in [1.29, 1.82) is 0 Å². The second kappa shape index (κ2) is 10.0. The van der Waals surface area contributed by atoms with Crippen LogP contribution in [0.1, 0.15) is 0 Å². The van der Waals surface area contributed by atoms with Gasteiger partial charge in [0.15, 0.2) is 11.6 Å². The van der Waals surface area contributed by atoms with Crippen LogP contribution in [0.25, 0.3) is 45.0 Å². The molecule has 0 N–H and O–H groups in total. The van der Waals surface area contributed by atoms with E-state index in [2.05, 4.69) is 24.1 Å². The van der Waals surface area contributed by atoms with Crippen molar-refractivity contribution in [3.63, 3.8) is 0 Å². The summed E-state index contributed by atoms with van der Waals surface area (Å²) in [6.45, 7) is 0. The number of hydrogen-bond acceptors (Lipinski definition) is 7. The number of alkyl halides is 3. The van der Waals surface area contributed by atoms with Gasteiger partial charge in [-0.05, 0) is 29.3 Å². The van der Waals surface area contributed by atoms with Crippen LogP contribution in [0.5, 0.6) is 5.75 Å². The van der Waals surface area contributed by atoms with Gasteiger partial charge in [-0.15, -0.1) is 0 Å². The lowest BCUT2D eigenvalue weighted by Gasteiger charge is -2.12. The highest BCUT2D eigenvalue weighted by Crippen LogP contribution is 2.33. The molecule has 0 saturated carbocycles. The van der Waals surface area contributed by atoms with Gasteiger partial charge in [0.05, 0.1) is 0 Å². The summed E-state index contributed by atoms with van der Waals surface area (Å²) in [6.07, 6.45) is 6.23. The summed E-state index contributed by atoms with van der Waals surface area (Å²) in [5.41, 5.74) is -1.98. The minimum atomic E-state index is -5.92. The quantitative estimate of drug-likeness (QED) is 0.190. The van der Waals surface area contributed by atoms with Crippen molar-refractivity contribution >= 4 is 10.1 Å². The highest BCUT2D eigenvalue weighted by molar-refractivity contribution is 7.88. The van der Waals surface area contributed by atoms with Crippen molar-refractivity contribution in [3.05, 3.63) is 104 Å². The van der Waals surface area contributed by atoms with Crippen molar-refractivity contribution in [2.75, 3.05) is 0 Å². The Morgan fingerprint density at radius 2 is 0.947 bits per heavy atom. The molecule has 0 aliphatic carbocycles. The zero-order chi connectivity index (χ0) is 26.8. The number of halogens is 3. The Morgan fingerprint density at radius 3 is 1.32 bits per heavy atom. The Hall–Kier alpha value is -4.64. The van der Waals surface area contributed by atoms with Crippen molar-refractivity contribution in [3.8, 4) is 50.8 Å². The lowest BCUT2D eigenvalue weighted by molar-refractivity contribution is -0.0500. The molecule has 2 heterocycles. The van der Waals surface area contributed by atoms with E-state index in [-0.39, 0.29) is 22.8 Å². The highest BCUT2D eigenvalue weighted by Gasteiger charge is 2.48. The van der Waals surface area contributed by atoms with Gasteiger partial charge in [-0.3, -0.25) is 0 Å². The van der Waals surface area contributed by atoms with Gasteiger partial charge in [0.1, 0.15) is 5.75 Å². The van der Waals surface area contributed by atoms with Gasteiger partial charge >= 0.3 is 15.6 Å². The van der Waals surface area contributed by atoms with E-state index in [1.165, 1.54) is 0 Å². The predicted octanol–water partition coefficient (Wildman–Crippen LogP) is 6.16. The van der Waals surface area contributed by atoms with Gasteiger partial charge in [-0.2, -0.15) is 21.6 Å². The molecule has 0 atom stereocenters. The molecular weight excluding hydrogens is 517 g/mol. The molecule has 3 aromatic carbocycles. The number of nitrogens with zero attached hydrogens (tertiary/aromatic N) is 4. The van der Waals surface area contributed by atoms with Crippen LogP contribution in [-0.4, -0.2) is 33.9 Å². The molecule has 0 bridgehead atoms. The first kappa shape index (κ1) is 25.0. The number of aromatic nitrogens is 4. The normalized spacial score (nSPS) is 11.8. The summed E-state index contributed by atoms with van der Waals surface area (Å²) in [7, 11) is -5.92. The van der Waals surface area contributed by atoms with Gasteiger partial charge in [0.2, 0.25) is 0 Å². The summed E-state index contributed by atoms with van der Waals surface area (Å²) in [4.78, 5) is 17.3. The average molecular weight is 535 g/mol. The highest BCUT2D eigenvalue weighted by atomic mass is 32.2. The maximum Gasteiger partial charge on any atom is 0.534 e. The Bertz CT molecular complexity index is 1560. The van der Waals surface area contributed by atoms with E-state index in [0.29, 0.717) is 0 Å². The fourth-order valence-electron chi connectivity index (χ4n) is 3.59. The molecule has 0 saturated heterocycles. The van der Waals surface area contributed by atoms with Crippen LogP contribution in [0.15, 0.2) is 104 Å². The van der Waals surface area contributed by atoms with Gasteiger partial charge in [-0.1, -0.05) is 60.7 Å². The third kappa shape index (κ3) is 5.37. The zero-order valence-electron chi connectivity index (χ0n) is 19.4. The molecule has 2 aromatic heterocycles. The monoisotopic (exact) mass is 534 g/mol. The van der Waals surface area contributed by atoms with Crippen molar-refractivity contribution in [2.24, 2.45) is 0 Å². The van der Waals surface area contributed by atoms with E-state index in [1.807, 2.05) is 60.7 Å². The fraction of sp³-hybridized carbons (Fsp3) is 0.0370. The lowest BCUT2D eigenvalue weighted by atomic mass is 10.1. The van der Waals surface area contributed by atoms with Crippen molar-refractivity contribution in [2.45, 2.75) is 5.51 Å². The SMILES string of the molecule is O=S(=O)(Oc1cc(-c2ncc(-c3ccccc3)cn2)cc(-c2ncc(-c3ccccc3)cn2)c1)C(F)(F)F. The summed E-state index contributed by atoms with van der Waals surface area (Å²) in [5.74, 6) is -0.301. The van der Waals surface area contributed by atoms with Gasteiger partial charge in [0, 0.05) is 47.0 Å². The number of hydrogen-bond donors (Lipinski definition) is 0. The molecular formula is C27H17F3N4O3S. The second-order valence-corrected chi connectivity index (χ2v) is 9.59. The molecule has 38 heavy (non-hydrogen) atoms. The molecule has 7 nitrogen and oxygen atoms in total. The van der Waals surface area contributed by atoms with E-state index >= 15 is 0 Å². The Kier molecular flexibility index (Phi) is 6.60. The lowest BCUT2D eigenvalue weighted by Crippen LogP contribution is -2.28. The van der Waals surface area contributed by atoms with Crippen LogP contribution < -0.4 is 4.18 Å². The minimum absolute atomic E-state index is 0.140. The third-order valence-corrected chi connectivity index (χ3v) is 6.41. The smallest absolute Gasteiger partial charge is 0.376 e. The summed E-state index contributed by atoms with van der Waals surface area (Å²) < 4.78 is 66.9. The third-order valence-electron chi connectivity index (χ3n) is 5.43. The van der Waals surface area contributed by atoms with Gasteiger partial charge < -0.3 is 4.18 Å². The van der Waals surface area contributed by atoms with Crippen LogP contribution in [-0.2, 0) is 10.1 Å². The van der Waals surface area contributed by atoms with E-state index in [0.717, 1.165) is 34.4 Å². The summed E-state index contributed by atoms with van der Waals surface area (Å²) in [6, 6.07) is 22.5. The molecule has 0 fully saturated rings. The molecule has 0 unspecified atom stereocenters. The first-order valence-corrected chi connectivity index (χ1v) is 12.5. The molecule has 5 rings (SSSR count). The first-order chi connectivity index (χ1) is 18.2. The molecule has 0 amide bonds. The Balaban J connectivity index is 1.55. The van der Waals surface area contributed by atoms with E-state index < -0.39 is 21.4 Å². The molecule has 0 spiro atoms. The van der Waals surface area contributed by atoms with Crippen LogP contribution in [0, 0.1) is 0 Å². The van der Waals surface area contributed by atoms with Gasteiger partial charge in [-0.25, -0.2) is 19.9 Å². The van der Waals surface area contributed by atoms with Crippen LogP contribution in [0.2, 0.25) is 0 Å².